The molecule has 7 heteroatoms. The highest BCUT2D eigenvalue weighted by molar-refractivity contribution is 6.30. The number of pyridine rings is 2. The van der Waals surface area contributed by atoms with Crippen molar-refractivity contribution in [3.05, 3.63) is 59.1 Å². The van der Waals surface area contributed by atoms with Crippen LogP contribution in [0.1, 0.15) is 22.5 Å². The van der Waals surface area contributed by atoms with Crippen LogP contribution in [0.2, 0.25) is 5.02 Å². The predicted molar refractivity (Wildman–Crippen MR) is 90.6 cm³/mol. The first-order valence-electron chi connectivity index (χ1n) is 7.83. The maximum Gasteiger partial charge on any atom is 0.270 e. The number of piperidine rings is 1. The lowest BCUT2D eigenvalue weighted by Gasteiger charge is -2.36. The highest BCUT2D eigenvalue weighted by Crippen LogP contribution is 2.15. The zero-order chi connectivity index (χ0) is 16.9. The lowest BCUT2D eigenvalue weighted by Crippen LogP contribution is -2.53. The van der Waals surface area contributed by atoms with Gasteiger partial charge in [0.1, 0.15) is 5.69 Å². The van der Waals surface area contributed by atoms with E-state index in [9.17, 15) is 9.90 Å². The number of aliphatic hydroxyl groups excluding tert-OH is 1. The standard InChI is InChI=1S/C17H19ClN4O2/c18-13-3-4-15(20-9-13)17(24)21-14-5-7-22(11-16(14)23)10-12-2-1-6-19-8-12/h1-4,6,8-9,14,16,23H,5,7,10-11H2,(H,21,24)/t14-,16-/m1/s1. The van der Waals surface area contributed by atoms with E-state index >= 15 is 0 Å². The van der Waals surface area contributed by atoms with Crippen molar-refractivity contribution in [3.63, 3.8) is 0 Å². The summed E-state index contributed by atoms with van der Waals surface area (Å²) in [6, 6.07) is 6.83. The lowest BCUT2D eigenvalue weighted by atomic mass is 10.0. The Morgan fingerprint density at radius 1 is 1.38 bits per heavy atom. The third-order valence-corrected chi connectivity index (χ3v) is 4.30. The fraction of sp³-hybridized carbons (Fsp3) is 0.353. The van der Waals surface area contributed by atoms with Crippen LogP contribution in [0.3, 0.4) is 0 Å². The molecule has 0 unspecified atom stereocenters. The topological polar surface area (TPSA) is 78.4 Å². The first-order valence-corrected chi connectivity index (χ1v) is 8.21. The molecule has 24 heavy (non-hydrogen) atoms. The van der Waals surface area contributed by atoms with Gasteiger partial charge in [-0.1, -0.05) is 17.7 Å². The summed E-state index contributed by atoms with van der Waals surface area (Å²) in [6.45, 7) is 2.04. The van der Waals surface area contributed by atoms with Crippen LogP contribution in [0, 0.1) is 0 Å². The first kappa shape index (κ1) is 16.8. The Kier molecular flexibility index (Phi) is 5.40. The number of nitrogens with zero attached hydrogens (tertiary/aromatic N) is 3. The van der Waals surface area contributed by atoms with E-state index in [1.165, 1.54) is 6.20 Å². The van der Waals surface area contributed by atoms with E-state index in [0.29, 0.717) is 23.7 Å². The number of aliphatic hydroxyl groups is 1. The summed E-state index contributed by atoms with van der Waals surface area (Å²) in [5.74, 6) is -0.295. The van der Waals surface area contributed by atoms with Gasteiger partial charge in [-0.3, -0.25) is 14.7 Å². The Bertz CT molecular complexity index is 681. The zero-order valence-corrected chi connectivity index (χ0v) is 13.9. The summed E-state index contributed by atoms with van der Waals surface area (Å²) in [5, 5.41) is 13.7. The molecule has 3 heterocycles. The van der Waals surface area contributed by atoms with E-state index in [4.69, 9.17) is 11.6 Å². The van der Waals surface area contributed by atoms with Gasteiger partial charge >= 0.3 is 0 Å². The van der Waals surface area contributed by atoms with E-state index in [2.05, 4.69) is 20.2 Å². The third-order valence-electron chi connectivity index (χ3n) is 4.07. The quantitative estimate of drug-likeness (QED) is 0.877. The van der Waals surface area contributed by atoms with E-state index in [0.717, 1.165) is 18.7 Å². The van der Waals surface area contributed by atoms with Crippen LogP contribution in [0.5, 0.6) is 0 Å². The third kappa shape index (κ3) is 4.29. The second kappa shape index (κ2) is 7.70. The summed E-state index contributed by atoms with van der Waals surface area (Å²) in [4.78, 5) is 22.4. The summed E-state index contributed by atoms with van der Waals surface area (Å²) in [7, 11) is 0. The molecule has 1 aliphatic rings. The molecule has 1 amide bonds. The Hall–Kier alpha value is -2.02. The molecule has 2 aromatic heterocycles. The van der Waals surface area contributed by atoms with E-state index in [1.807, 2.05) is 18.3 Å². The van der Waals surface area contributed by atoms with Crippen molar-refractivity contribution in [3.8, 4) is 0 Å². The second-order valence-electron chi connectivity index (χ2n) is 5.89. The Morgan fingerprint density at radius 2 is 2.25 bits per heavy atom. The van der Waals surface area contributed by atoms with Gasteiger partial charge in [0.2, 0.25) is 0 Å². The number of β-amino-alcohol motifs (C(OH)–C–C–N with tert-alkyl or cyclic N) is 1. The van der Waals surface area contributed by atoms with Crippen molar-refractivity contribution in [2.75, 3.05) is 13.1 Å². The average molecular weight is 347 g/mol. The van der Waals surface area contributed by atoms with Crippen molar-refractivity contribution < 1.29 is 9.90 Å². The number of carbonyl (C=O) groups excluding carboxylic acids is 1. The highest BCUT2D eigenvalue weighted by Gasteiger charge is 2.29. The summed E-state index contributed by atoms with van der Waals surface area (Å²) >= 11 is 5.77. The molecule has 2 N–H and O–H groups in total. The average Bonchev–Trinajstić information content (AvgIpc) is 2.59. The molecule has 1 saturated heterocycles. The lowest BCUT2D eigenvalue weighted by molar-refractivity contribution is 0.0348. The number of likely N-dealkylation sites (tertiary alicyclic amines) is 1. The van der Waals surface area contributed by atoms with Gasteiger partial charge in [-0.15, -0.1) is 0 Å². The van der Waals surface area contributed by atoms with Crippen LogP contribution in [0.25, 0.3) is 0 Å². The number of hydrogen-bond donors (Lipinski definition) is 2. The Labute approximate surface area is 145 Å². The van der Waals surface area contributed by atoms with Crippen LogP contribution >= 0.6 is 11.6 Å². The molecular formula is C17H19ClN4O2. The van der Waals surface area contributed by atoms with E-state index in [1.54, 1.807) is 18.3 Å². The minimum atomic E-state index is -0.619. The molecule has 0 saturated carbocycles. The molecule has 0 bridgehead atoms. The minimum Gasteiger partial charge on any atom is -0.390 e. The molecule has 0 aliphatic carbocycles. The van der Waals surface area contributed by atoms with Crippen molar-refractivity contribution in [2.45, 2.75) is 25.1 Å². The molecule has 2 atom stereocenters. The fourth-order valence-corrected chi connectivity index (χ4v) is 2.92. The van der Waals surface area contributed by atoms with Gasteiger partial charge in [-0.2, -0.15) is 0 Å². The van der Waals surface area contributed by atoms with Gasteiger partial charge in [-0.05, 0) is 30.2 Å². The fourth-order valence-electron chi connectivity index (χ4n) is 2.81. The summed E-state index contributed by atoms with van der Waals surface area (Å²) in [5.41, 5.74) is 1.40. The molecule has 6 nitrogen and oxygen atoms in total. The van der Waals surface area contributed by atoms with Gasteiger partial charge < -0.3 is 10.4 Å². The number of halogens is 1. The number of hydrogen-bond acceptors (Lipinski definition) is 5. The number of rotatable bonds is 4. The molecule has 2 aromatic rings. The smallest absolute Gasteiger partial charge is 0.270 e. The molecule has 1 aliphatic heterocycles. The molecule has 1 fully saturated rings. The number of amides is 1. The van der Waals surface area contributed by atoms with E-state index < -0.39 is 6.10 Å². The summed E-state index contributed by atoms with van der Waals surface area (Å²) in [6.07, 6.45) is 5.06. The molecular weight excluding hydrogens is 328 g/mol. The van der Waals surface area contributed by atoms with Crippen LogP contribution in [-0.4, -0.2) is 51.1 Å². The van der Waals surface area contributed by atoms with Crippen LogP contribution in [-0.2, 0) is 6.54 Å². The SMILES string of the molecule is O=C(N[C@@H]1CCN(Cc2cccnc2)C[C@H]1O)c1ccc(Cl)cn1. The predicted octanol–water partition coefficient (Wildman–Crippen LogP) is 1.50. The largest absolute Gasteiger partial charge is 0.390 e. The molecule has 126 valence electrons. The van der Waals surface area contributed by atoms with Crippen LogP contribution in [0.4, 0.5) is 0 Å². The maximum absolute atomic E-state index is 12.2. The monoisotopic (exact) mass is 346 g/mol. The zero-order valence-electron chi connectivity index (χ0n) is 13.1. The van der Waals surface area contributed by atoms with Crippen LogP contribution in [0.15, 0.2) is 42.9 Å². The van der Waals surface area contributed by atoms with E-state index in [-0.39, 0.29) is 11.9 Å². The molecule has 0 spiro atoms. The van der Waals surface area contributed by atoms with Gasteiger partial charge in [0, 0.05) is 38.2 Å². The maximum atomic E-state index is 12.2. The molecule has 0 radical (unpaired) electrons. The first-order chi connectivity index (χ1) is 11.6. The highest BCUT2D eigenvalue weighted by atomic mass is 35.5. The second-order valence-corrected chi connectivity index (χ2v) is 6.33. The van der Waals surface area contributed by atoms with Gasteiger partial charge in [0.25, 0.3) is 5.91 Å². The van der Waals surface area contributed by atoms with Gasteiger partial charge in [0.05, 0.1) is 17.2 Å². The Morgan fingerprint density at radius 3 is 2.92 bits per heavy atom. The number of aromatic nitrogens is 2. The van der Waals surface area contributed by atoms with Crippen molar-refractivity contribution in [2.24, 2.45) is 0 Å². The molecule has 0 aromatic carbocycles. The Balaban J connectivity index is 1.54. The van der Waals surface area contributed by atoms with Crippen molar-refractivity contribution in [1.82, 2.24) is 20.2 Å². The number of carbonyl (C=O) groups is 1. The molecule has 3 rings (SSSR count). The minimum absolute atomic E-state index is 0.278. The number of nitrogens with one attached hydrogen (secondary N) is 1. The van der Waals surface area contributed by atoms with Crippen molar-refractivity contribution >= 4 is 17.5 Å². The normalized spacial score (nSPS) is 21.4. The summed E-state index contributed by atoms with van der Waals surface area (Å²) < 4.78 is 0. The van der Waals surface area contributed by atoms with Crippen molar-refractivity contribution in [1.29, 1.82) is 0 Å². The van der Waals surface area contributed by atoms with Gasteiger partial charge in [-0.25, -0.2) is 4.98 Å². The van der Waals surface area contributed by atoms with Crippen LogP contribution < -0.4 is 5.32 Å². The van der Waals surface area contributed by atoms with Gasteiger partial charge in [0.15, 0.2) is 0 Å².